The summed E-state index contributed by atoms with van der Waals surface area (Å²) in [5.41, 5.74) is 3.64. The zero-order chi connectivity index (χ0) is 22.1. The van der Waals surface area contributed by atoms with Crippen molar-refractivity contribution >= 4 is 5.97 Å². The first-order chi connectivity index (χ1) is 15.1. The molecule has 3 rings (SSSR count). The van der Waals surface area contributed by atoms with Crippen LogP contribution in [0.2, 0.25) is 0 Å². The van der Waals surface area contributed by atoms with Crippen LogP contribution in [0, 0.1) is 0 Å². The van der Waals surface area contributed by atoms with Crippen LogP contribution in [-0.2, 0) is 5.41 Å². The van der Waals surface area contributed by atoms with Crippen LogP contribution in [0.15, 0.2) is 48.5 Å². The fraction of sp³-hybridized carbons (Fsp3) is 0.552. The molecule has 1 fully saturated rings. The maximum atomic E-state index is 12.6. The minimum Gasteiger partial charge on any atom is -0.423 e. The quantitative estimate of drug-likeness (QED) is 0.218. The summed E-state index contributed by atoms with van der Waals surface area (Å²) in [5, 5.41) is 0. The first-order valence-corrected chi connectivity index (χ1v) is 12.5. The van der Waals surface area contributed by atoms with Crippen molar-refractivity contribution in [1.29, 1.82) is 0 Å². The van der Waals surface area contributed by atoms with Gasteiger partial charge in [-0.25, -0.2) is 4.79 Å². The lowest BCUT2D eigenvalue weighted by molar-refractivity contribution is 0.0734. The molecule has 0 amide bonds. The van der Waals surface area contributed by atoms with Gasteiger partial charge in [0.15, 0.2) is 0 Å². The second-order valence-corrected chi connectivity index (χ2v) is 9.52. The van der Waals surface area contributed by atoms with E-state index in [4.69, 9.17) is 4.74 Å². The molecule has 0 saturated heterocycles. The van der Waals surface area contributed by atoms with E-state index in [0.717, 1.165) is 6.42 Å². The largest absolute Gasteiger partial charge is 0.423 e. The third kappa shape index (κ3) is 6.21. The van der Waals surface area contributed by atoms with Crippen molar-refractivity contribution in [1.82, 2.24) is 0 Å². The van der Waals surface area contributed by atoms with E-state index in [1.807, 2.05) is 24.3 Å². The van der Waals surface area contributed by atoms with Crippen molar-refractivity contribution in [2.45, 2.75) is 103 Å². The van der Waals surface area contributed by atoms with Crippen molar-refractivity contribution in [2.75, 3.05) is 0 Å². The molecule has 0 N–H and O–H groups in total. The Bertz CT molecular complexity index is 798. The Balaban J connectivity index is 1.65. The van der Waals surface area contributed by atoms with Crippen LogP contribution in [0.1, 0.15) is 119 Å². The predicted molar refractivity (Wildman–Crippen MR) is 130 cm³/mol. The van der Waals surface area contributed by atoms with Crippen molar-refractivity contribution < 1.29 is 9.53 Å². The third-order valence-corrected chi connectivity index (χ3v) is 7.18. The van der Waals surface area contributed by atoms with Gasteiger partial charge in [-0.3, -0.25) is 0 Å². The predicted octanol–water partition coefficient (Wildman–Crippen LogP) is 8.59. The molecule has 1 unspecified atom stereocenters. The highest BCUT2D eigenvalue weighted by atomic mass is 16.5. The maximum absolute atomic E-state index is 12.6. The molecule has 0 aliphatic heterocycles. The first-order valence-electron chi connectivity index (χ1n) is 12.5. The molecular weight excluding hydrogens is 380 g/mol. The number of carbonyl (C=O) groups excluding carboxylic acids is 1. The van der Waals surface area contributed by atoms with Crippen molar-refractivity contribution in [2.24, 2.45) is 0 Å². The second-order valence-electron chi connectivity index (χ2n) is 9.52. The monoisotopic (exact) mass is 420 g/mol. The molecule has 2 aromatic rings. The fourth-order valence-electron chi connectivity index (χ4n) is 5.21. The number of carbonyl (C=O) groups is 1. The van der Waals surface area contributed by atoms with E-state index in [2.05, 4.69) is 45.0 Å². The average molecular weight is 421 g/mol. The van der Waals surface area contributed by atoms with Crippen LogP contribution < -0.4 is 4.74 Å². The molecule has 0 aromatic heterocycles. The van der Waals surface area contributed by atoms with Crippen molar-refractivity contribution in [3.05, 3.63) is 65.2 Å². The maximum Gasteiger partial charge on any atom is 0.343 e. The smallest absolute Gasteiger partial charge is 0.343 e. The van der Waals surface area contributed by atoms with Crippen LogP contribution >= 0.6 is 0 Å². The molecule has 2 nitrogen and oxygen atoms in total. The third-order valence-electron chi connectivity index (χ3n) is 7.18. The molecule has 0 spiro atoms. The summed E-state index contributed by atoms with van der Waals surface area (Å²) in [7, 11) is 0. The minimum atomic E-state index is -0.280. The first kappa shape index (κ1) is 23.6. The van der Waals surface area contributed by atoms with Crippen LogP contribution in [-0.4, -0.2) is 5.97 Å². The van der Waals surface area contributed by atoms with E-state index in [9.17, 15) is 4.79 Å². The molecule has 31 heavy (non-hydrogen) atoms. The highest BCUT2D eigenvalue weighted by molar-refractivity contribution is 5.91. The number of unbranched alkanes of at least 4 members (excludes halogenated alkanes) is 2. The van der Waals surface area contributed by atoms with Gasteiger partial charge in [0.1, 0.15) is 5.75 Å². The highest BCUT2D eigenvalue weighted by Crippen LogP contribution is 2.43. The molecule has 2 aromatic carbocycles. The van der Waals surface area contributed by atoms with Gasteiger partial charge in [-0.05, 0) is 72.4 Å². The Kier molecular flexibility index (Phi) is 8.75. The Morgan fingerprint density at radius 3 is 2.19 bits per heavy atom. The molecule has 168 valence electrons. The molecule has 0 radical (unpaired) electrons. The topological polar surface area (TPSA) is 26.3 Å². The normalized spacial score (nSPS) is 16.6. The molecule has 0 bridgehead atoms. The molecule has 1 aliphatic rings. The van der Waals surface area contributed by atoms with Crippen LogP contribution in [0.25, 0.3) is 0 Å². The Morgan fingerprint density at radius 2 is 1.58 bits per heavy atom. The summed E-state index contributed by atoms with van der Waals surface area (Å²) in [5.74, 6) is 0.876. The van der Waals surface area contributed by atoms with Crippen molar-refractivity contribution in [3.8, 4) is 5.75 Å². The Morgan fingerprint density at radius 1 is 0.903 bits per heavy atom. The summed E-state index contributed by atoms with van der Waals surface area (Å²) >= 11 is 0. The van der Waals surface area contributed by atoms with E-state index >= 15 is 0 Å². The summed E-state index contributed by atoms with van der Waals surface area (Å²) < 4.78 is 5.68. The lowest BCUT2D eigenvalue weighted by atomic mass is 9.66. The summed E-state index contributed by atoms with van der Waals surface area (Å²) in [6.45, 7) is 6.71. The number of ether oxygens (including phenoxy) is 1. The summed E-state index contributed by atoms with van der Waals surface area (Å²) in [4.78, 5) is 12.6. The van der Waals surface area contributed by atoms with Crippen LogP contribution in [0.4, 0.5) is 0 Å². The lowest BCUT2D eigenvalue weighted by Gasteiger charge is -2.38. The molecule has 1 atom stereocenters. The van der Waals surface area contributed by atoms with E-state index < -0.39 is 0 Å². The number of hydrogen-bond donors (Lipinski definition) is 0. The Hall–Kier alpha value is -2.09. The van der Waals surface area contributed by atoms with Gasteiger partial charge in [0.2, 0.25) is 0 Å². The summed E-state index contributed by atoms with van der Waals surface area (Å²) in [6.07, 6.45) is 14.1. The minimum absolute atomic E-state index is 0.280. The number of benzene rings is 2. The van der Waals surface area contributed by atoms with Crippen molar-refractivity contribution in [3.63, 3.8) is 0 Å². The highest BCUT2D eigenvalue weighted by Gasteiger charge is 2.33. The zero-order valence-corrected chi connectivity index (χ0v) is 19.8. The summed E-state index contributed by atoms with van der Waals surface area (Å²) in [6, 6.07) is 16.3. The SMILES string of the molecule is CCCCCC1(c2ccc(OC(=O)c3ccc(C(C)CCC)cc3)cc2)CCCCC1. The van der Waals surface area contributed by atoms with Crippen LogP contribution in [0.3, 0.4) is 0 Å². The molecule has 0 heterocycles. The van der Waals surface area contributed by atoms with Gasteiger partial charge in [0, 0.05) is 0 Å². The number of esters is 1. The fourth-order valence-corrected chi connectivity index (χ4v) is 5.21. The van der Waals surface area contributed by atoms with E-state index in [0.29, 0.717) is 22.6 Å². The van der Waals surface area contributed by atoms with Crippen LogP contribution in [0.5, 0.6) is 5.75 Å². The van der Waals surface area contributed by atoms with Gasteiger partial charge in [-0.2, -0.15) is 0 Å². The van der Waals surface area contributed by atoms with Gasteiger partial charge in [-0.15, -0.1) is 0 Å². The average Bonchev–Trinajstić information content (AvgIpc) is 2.80. The lowest BCUT2D eigenvalue weighted by Crippen LogP contribution is -2.29. The van der Waals surface area contributed by atoms with Gasteiger partial charge in [0.05, 0.1) is 5.56 Å². The van der Waals surface area contributed by atoms with E-state index in [1.54, 1.807) is 0 Å². The Labute approximate surface area is 189 Å². The molecular formula is C29H40O2. The van der Waals surface area contributed by atoms with E-state index in [1.165, 1.54) is 75.3 Å². The zero-order valence-electron chi connectivity index (χ0n) is 19.8. The standard InChI is InChI=1S/C29H40O2/c1-4-6-8-20-29(21-9-7-10-22-29)26-16-18-27(19-17-26)31-28(30)25-14-12-24(13-15-25)23(3)11-5-2/h12-19,23H,4-11,20-22H2,1-3H3. The molecule has 1 saturated carbocycles. The van der Waals surface area contributed by atoms with E-state index in [-0.39, 0.29) is 5.97 Å². The molecule has 2 heteroatoms. The number of hydrogen-bond acceptors (Lipinski definition) is 2. The van der Waals surface area contributed by atoms with Gasteiger partial charge < -0.3 is 4.74 Å². The van der Waals surface area contributed by atoms with Gasteiger partial charge >= 0.3 is 5.97 Å². The molecule has 1 aliphatic carbocycles. The second kappa shape index (κ2) is 11.5. The van der Waals surface area contributed by atoms with Gasteiger partial charge in [0.25, 0.3) is 0 Å². The van der Waals surface area contributed by atoms with Gasteiger partial charge in [-0.1, -0.05) is 90.0 Å². The number of rotatable bonds is 10.